The number of nitrogens with one attached hydrogen (secondary N) is 2. The van der Waals surface area contributed by atoms with Gasteiger partial charge in [0, 0.05) is 38.4 Å². The minimum atomic E-state index is -4.53. The van der Waals surface area contributed by atoms with Crippen LogP contribution in [0.5, 0.6) is 0 Å². The molecule has 8 nitrogen and oxygen atoms in total. The van der Waals surface area contributed by atoms with E-state index in [1.807, 2.05) is 17.8 Å². The van der Waals surface area contributed by atoms with Crippen LogP contribution in [0, 0.1) is 6.92 Å². The van der Waals surface area contributed by atoms with Gasteiger partial charge in [0.25, 0.3) is 0 Å². The van der Waals surface area contributed by atoms with Crippen molar-refractivity contribution in [2.24, 2.45) is 0 Å². The summed E-state index contributed by atoms with van der Waals surface area (Å²) in [7, 11) is 1.38. The maximum Gasteiger partial charge on any atom is 0.421 e. The van der Waals surface area contributed by atoms with E-state index in [1.54, 1.807) is 12.4 Å². The Balaban J connectivity index is 1.64. The van der Waals surface area contributed by atoms with Crippen LogP contribution < -0.4 is 10.6 Å². The Labute approximate surface area is 158 Å². The normalized spacial score (nSPS) is 18.9. The smallest absolute Gasteiger partial charge is 0.372 e. The Morgan fingerprint density at radius 3 is 2.75 bits per heavy atom. The number of hydrogen-bond donors (Lipinski definition) is 2. The number of aryl methyl sites for hydroxylation is 2. The molecule has 1 atom stereocenters. The second-order valence-electron chi connectivity index (χ2n) is 6.87. The zero-order valence-electron chi connectivity index (χ0n) is 15.5. The van der Waals surface area contributed by atoms with Gasteiger partial charge in [0.05, 0.1) is 11.4 Å². The number of imidazole rings is 1. The molecule has 2 N–H and O–H groups in total. The number of nitrogens with zero attached hydrogens (tertiary/aromatic N) is 6. The Bertz CT molecular complexity index is 1020. The predicted octanol–water partition coefficient (Wildman–Crippen LogP) is 3.15. The number of rotatable bonds is 4. The Hall–Kier alpha value is -3.11. The van der Waals surface area contributed by atoms with E-state index in [-0.39, 0.29) is 11.8 Å². The van der Waals surface area contributed by atoms with Gasteiger partial charge in [-0.1, -0.05) is 0 Å². The fourth-order valence-corrected chi connectivity index (χ4v) is 3.42. The molecule has 0 fully saturated rings. The van der Waals surface area contributed by atoms with Crippen LogP contribution in [-0.4, -0.2) is 36.3 Å². The fraction of sp³-hybridized carbons (Fsp3) is 0.412. The van der Waals surface area contributed by atoms with E-state index in [0.29, 0.717) is 11.4 Å². The zero-order chi connectivity index (χ0) is 20.1. The van der Waals surface area contributed by atoms with Gasteiger partial charge in [0.1, 0.15) is 22.7 Å². The lowest BCUT2D eigenvalue weighted by molar-refractivity contribution is -0.137. The topological polar surface area (TPSA) is 85.5 Å². The third kappa shape index (κ3) is 2.86. The molecule has 3 aromatic rings. The molecule has 0 spiro atoms. The quantitative estimate of drug-likeness (QED) is 0.710. The molecule has 4 heterocycles. The Kier molecular flexibility index (Phi) is 4.05. The molecule has 148 valence electrons. The third-order valence-corrected chi connectivity index (χ3v) is 5.02. The van der Waals surface area contributed by atoms with Gasteiger partial charge >= 0.3 is 6.18 Å². The van der Waals surface area contributed by atoms with Gasteiger partial charge in [-0.25, -0.2) is 9.97 Å². The van der Waals surface area contributed by atoms with Crippen molar-refractivity contribution < 1.29 is 13.2 Å². The molecule has 1 aliphatic rings. The molecule has 11 heteroatoms. The van der Waals surface area contributed by atoms with Gasteiger partial charge in [-0.3, -0.25) is 4.68 Å². The summed E-state index contributed by atoms with van der Waals surface area (Å²) in [5, 5.41) is 10.0. The van der Waals surface area contributed by atoms with Crippen LogP contribution >= 0.6 is 0 Å². The Morgan fingerprint density at radius 1 is 1.25 bits per heavy atom. The summed E-state index contributed by atoms with van der Waals surface area (Å²) >= 11 is 0. The summed E-state index contributed by atoms with van der Waals surface area (Å²) in [6, 6.07) is 0. The van der Waals surface area contributed by atoms with E-state index in [4.69, 9.17) is 0 Å². The maximum absolute atomic E-state index is 13.0. The summed E-state index contributed by atoms with van der Waals surface area (Å²) in [5.41, 5.74) is -0.0160. The van der Waals surface area contributed by atoms with Gasteiger partial charge < -0.3 is 15.2 Å². The molecule has 0 amide bonds. The molecular weight excluding hydrogens is 373 g/mol. The third-order valence-electron chi connectivity index (χ3n) is 5.02. The second-order valence-corrected chi connectivity index (χ2v) is 6.87. The highest BCUT2D eigenvalue weighted by molar-refractivity contribution is 5.58. The summed E-state index contributed by atoms with van der Waals surface area (Å²) in [4.78, 5) is 12.2. The van der Waals surface area contributed by atoms with Gasteiger partial charge in [0.15, 0.2) is 0 Å². The summed E-state index contributed by atoms with van der Waals surface area (Å²) in [5.74, 6) is 0.683. The van der Waals surface area contributed by atoms with E-state index < -0.39 is 17.3 Å². The van der Waals surface area contributed by atoms with Crippen LogP contribution in [0.4, 0.5) is 30.6 Å². The highest BCUT2D eigenvalue weighted by Gasteiger charge is 2.39. The van der Waals surface area contributed by atoms with Crippen molar-refractivity contribution in [1.29, 1.82) is 0 Å². The average Bonchev–Trinajstić information content (AvgIpc) is 3.33. The SMILES string of the molecule is CNc1nc(Nc2cn([C@@]3(C)CCn4ccnc43)nc2C)ncc1C(F)(F)F. The standard InChI is InChI=1S/C17H19F3N8/c1-10-12(24-15-23-8-11(17(18,19)20)13(21-3)25-15)9-28(26-10)16(2)4-6-27-7-5-22-14(16)27/h5,7-9H,4,6H2,1-3H3,(H2,21,23,24,25)/t16-/m0/s1. The van der Waals surface area contributed by atoms with E-state index in [1.165, 1.54) is 7.05 Å². The van der Waals surface area contributed by atoms with Crippen molar-refractivity contribution in [3.63, 3.8) is 0 Å². The summed E-state index contributed by atoms with van der Waals surface area (Å²) < 4.78 is 42.9. The van der Waals surface area contributed by atoms with Gasteiger partial charge in [0.2, 0.25) is 5.95 Å². The molecule has 0 saturated heterocycles. The van der Waals surface area contributed by atoms with Gasteiger partial charge in [-0.05, 0) is 20.3 Å². The van der Waals surface area contributed by atoms with E-state index in [0.717, 1.165) is 25.0 Å². The lowest BCUT2D eigenvalue weighted by Gasteiger charge is -2.23. The molecule has 0 aromatic carbocycles. The lowest BCUT2D eigenvalue weighted by Crippen LogP contribution is -2.30. The van der Waals surface area contributed by atoms with Crippen molar-refractivity contribution in [2.45, 2.75) is 38.5 Å². The van der Waals surface area contributed by atoms with Crippen LogP contribution in [-0.2, 0) is 18.3 Å². The van der Waals surface area contributed by atoms with Crippen LogP contribution in [0.2, 0.25) is 0 Å². The maximum atomic E-state index is 13.0. The number of fused-ring (bicyclic) bond motifs is 1. The molecule has 0 aliphatic carbocycles. The Morgan fingerprint density at radius 2 is 2.04 bits per heavy atom. The molecule has 0 bridgehead atoms. The fourth-order valence-electron chi connectivity index (χ4n) is 3.42. The van der Waals surface area contributed by atoms with Crippen LogP contribution in [0.25, 0.3) is 0 Å². The first-order valence-corrected chi connectivity index (χ1v) is 8.70. The van der Waals surface area contributed by atoms with Crippen molar-refractivity contribution >= 4 is 17.5 Å². The molecular formula is C17H19F3N8. The molecule has 0 radical (unpaired) electrons. The first kappa shape index (κ1) is 18.3. The predicted molar refractivity (Wildman–Crippen MR) is 96.4 cm³/mol. The highest BCUT2D eigenvalue weighted by Crippen LogP contribution is 2.36. The molecule has 1 aliphatic heterocycles. The highest BCUT2D eigenvalue weighted by atomic mass is 19.4. The summed E-state index contributed by atoms with van der Waals surface area (Å²) in [6.45, 7) is 4.72. The second kappa shape index (κ2) is 6.21. The zero-order valence-corrected chi connectivity index (χ0v) is 15.5. The van der Waals surface area contributed by atoms with Crippen molar-refractivity contribution in [3.05, 3.63) is 41.9 Å². The molecule has 4 rings (SSSR count). The van der Waals surface area contributed by atoms with Crippen LogP contribution in [0.1, 0.15) is 30.4 Å². The van der Waals surface area contributed by atoms with Crippen LogP contribution in [0.15, 0.2) is 24.8 Å². The number of halogens is 3. The number of hydrogen-bond acceptors (Lipinski definition) is 6. The largest absolute Gasteiger partial charge is 0.421 e. The number of aromatic nitrogens is 6. The van der Waals surface area contributed by atoms with E-state index in [9.17, 15) is 13.2 Å². The van der Waals surface area contributed by atoms with E-state index in [2.05, 4.69) is 42.2 Å². The van der Waals surface area contributed by atoms with Crippen molar-refractivity contribution in [2.75, 3.05) is 17.7 Å². The van der Waals surface area contributed by atoms with Gasteiger partial charge in [-0.2, -0.15) is 23.3 Å². The number of anilines is 3. The average molecular weight is 392 g/mol. The van der Waals surface area contributed by atoms with Crippen LogP contribution in [0.3, 0.4) is 0 Å². The summed E-state index contributed by atoms with van der Waals surface area (Å²) in [6.07, 6.45) is 2.58. The molecule has 0 saturated carbocycles. The minimum absolute atomic E-state index is 0.0538. The number of alkyl halides is 3. The lowest BCUT2D eigenvalue weighted by atomic mass is 10.0. The van der Waals surface area contributed by atoms with Crippen molar-refractivity contribution in [1.82, 2.24) is 29.3 Å². The molecule has 3 aromatic heterocycles. The molecule has 28 heavy (non-hydrogen) atoms. The van der Waals surface area contributed by atoms with Gasteiger partial charge in [-0.15, -0.1) is 0 Å². The minimum Gasteiger partial charge on any atom is -0.372 e. The first-order chi connectivity index (χ1) is 13.2. The molecule has 0 unspecified atom stereocenters. The van der Waals surface area contributed by atoms with Crippen molar-refractivity contribution in [3.8, 4) is 0 Å². The monoisotopic (exact) mass is 392 g/mol. The first-order valence-electron chi connectivity index (χ1n) is 8.70. The van der Waals surface area contributed by atoms with E-state index >= 15 is 0 Å².